The number of benzene rings is 1. The number of hydrogen-bond donors (Lipinski definition) is 6. The van der Waals surface area contributed by atoms with Crippen LogP contribution in [-0.2, 0) is 13.1 Å². The van der Waals surface area contributed by atoms with E-state index in [-0.39, 0.29) is 0 Å². The van der Waals surface area contributed by atoms with Gasteiger partial charge in [0, 0.05) is 18.0 Å². The zero-order valence-corrected chi connectivity index (χ0v) is 23.7. The summed E-state index contributed by atoms with van der Waals surface area (Å²) in [7, 11) is 0. The summed E-state index contributed by atoms with van der Waals surface area (Å²) in [5, 5.41) is 16.2. The molecular formula is C28H54N6S. The van der Waals surface area contributed by atoms with E-state index in [0.717, 1.165) is 91.1 Å². The molecule has 0 unspecified atom stereocenters. The number of thiophene rings is 1. The number of nitrogens with one attached hydrogen (secondary N) is 4. The van der Waals surface area contributed by atoms with Crippen molar-refractivity contribution in [3.63, 3.8) is 0 Å². The first-order valence-electron chi connectivity index (χ1n) is 13.7. The maximum Gasteiger partial charge on any atom is 0.0342 e. The van der Waals surface area contributed by atoms with Gasteiger partial charge in [-0.05, 0) is 118 Å². The van der Waals surface area contributed by atoms with Crippen LogP contribution in [0.2, 0.25) is 0 Å². The molecule has 0 aliphatic carbocycles. The third-order valence-electron chi connectivity index (χ3n) is 5.05. The van der Waals surface area contributed by atoms with Crippen LogP contribution in [0.5, 0.6) is 0 Å². The monoisotopic (exact) mass is 506 g/mol. The quantitative estimate of drug-likeness (QED) is 0.159. The second kappa shape index (κ2) is 25.8. The third kappa shape index (κ3) is 17.7. The molecule has 0 spiro atoms. The van der Waals surface area contributed by atoms with Gasteiger partial charge in [-0.15, -0.1) is 11.3 Å². The number of rotatable bonds is 19. The molecule has 2 aromatic rings. The van der Waals surface area contributed by atoms with E-state index < -0.39 is 0 Å². The Balaban J connectivity index is 0.00000274. The van der Waals surface area contributed by atoms with Crippen LogP contribution in [0.15, 0.2) is 35.7 Å². The highest BCUT2D eigenvalue weighted by molar-refractivity contribution is 7.13. The first-order valence-corrected chi connectivity index (χ1v) is 14.6. The van der Waals surface area contributed by atoms with Crippen LogP contribution < -0.4 is 32.7 Å². The predicted octanol–water partition coefficient (Wildman–Crippen LogP) is 4.30. The fourth-order valence-electron chi connectivity index (χ4n) is 3.40. The summed E-state index contributed by atoms with van der Waals surface area (Å²) in [6, 6.07) is 11.3. The largest absolute Gasteiger partial charge is 0.330 e. The summed E-state index contributed by atoms with van der Waals surface area (Å²) >= 11 is 1.80. The van der Waals surface area contributed by atoms with Crippen molar-refractivity contribution in [2.45, 2.75) is 66.5 Å². The maximum atomic E-state index is 5.52. The summed E-state index contributed by atoms with van der Waals surface area (Å²) in [4.78, 5) is 1.33. The first kappa shape index (κ1) is 33.7. The topological polar surface area (TPSA) is 100 Å². The molecule has 0 saturated heterocycles. The summed E-state index contributed by atoms with van der Waals surface area (Å²) in [6.45, 7) is 17.5. The molecule has 7 heteroatoms. The van der Waals surface area contributed by atoms with Crippen molar-refractivity contribution < 1.29 is 0 Å². The van der Waals surface area contributed by atoms with E-state index >= 15 is 0 Å². The Hall–Kier alpha value is -1.32. The zero-order valence-electron chi connectivity index (χ0n) is 22.9. The molecule has 0 fully saturated rings. The van der Waals surface area contributed by atoms with E-state index in [2.05, 4.69) is 57.0 Å². The van der Waals surface area contributed by atoms with Gasteiger partial charge in [-0.2, -0.15) is 0 Å². The Morgan fingerprint density at radius 1 is 0.629 bits per heavy atom. The van der Waals surface area contributed by atoms with E-state index in [4.69, 9.17) is 11.5 Å². The van der Waals surface area contributed by atoms with Gasteiger partial charge < -0.3 is 32.7 Å². The first-order chi connectivity index (χ1) is 17.3. The lowest BCUT2D eigenvalue weighted by Gasteiger charge is -2.12. The fraction of sp³-hybridized carbons (Fsp3) is 0.643. The van der Waals surface area contributed by atoms with E-state index in [1.807, 2.05) is 27.7 Å². The molecule has 8 N–H and O–H groups in total. The molecule has 0 atom stereocenters. The third-order valence-corrected chi connectivity index (χ3v) is 5.97. The lowest BCUT2D eigenvalue weighted by molar-refractivity contribution is 0.583. The van der Waals surface area contributed by atoms with Crippen molar-refractivity contribution in [1.82, 2.24) is 21.3 Å². The molecule has 0 saturated carbocycles. The Morgan fingerprint density at radius 3 is 1.51 bits per heavy atom. The van der Waals surface area contributed by atoms with Crippen LogP contribution in [0.1, 0.15) is 64.5 Å². The summed E-state index contributed by atoms with van der Waals surface area (Å²) in [5.74, 6) is 0. The summed E-state index contributed by atoms with van der Waals surface area (Å²) in [6.07, 6.45) is 4.35. The average Bonchev–Trinajstić information content (AvgIpc) is 3.45. The van der Waals surface area contributed by atoms with Crippen molar-refractivity contribution in [3.05, 3.63) is 46.8 Å². The lowest BCUT2D eigenvalue weighted by Crippen LogP contribution is -2.24. The van der Waals surface area contributed by atoms with Gasteiger partial charge in [-0.1, -0.05) is 39.8 Å². The number of hydrogen-bond acceptors (Lipinski definition) is 7. The molecule has 35 heavy (non-hydrogen) atoms. The molecule has 0 bridgehead atoms. The van der Waals surface area contributed by atoms with Crippen LogP contribution >= 0.6 is 11.3 Å². The standard InChI is InChI=1S/C24H42N6S.2C2H6/c25-7-2-9-27-11-4-13-29-19-21-16-22(18-23(17-21)24-6-1-15-31-24)20-30-14-5-12-28-10-3-8-26;2*1-2/h1,6,15-18,27-30H,2-5,7-14,19-20,25-26H2;2*1-2H3. The highest BCUT2D eigenvalue weighted by atomic mass is 32.1. The van der Waals surface area contributed by atoms with Crippen LogP contribution in [0.4, 0.5) is 0 Å². The minimum Gasteiger partial charge on any atom is -0.330 e. The molecule has 6 nitrogen and oxygen atoms in total. The Kier molecular flexibility index (Phi) is 24.8. The minimum absolute atomic E-state index is 0.759. The van der Waals surface area contributed by atoms with Gasteiger partial charge in [0.15, 0.2) is 0 Å². The summed E-state index contributed by atoms with van der Waals surface area (Å²) in [5.41, 5.74) is 15.1. The van der Waals surface area contributed by atoms with Gasteiger partial charge in [-0.3, -0.25) is 0 Å². The molecule has 202 valence electrons. The Morgan fingerprint density at radius 2 is 1.09 bits per heavy atom. The molecule has 1 aromatic carbocycles. The number of nitrogens with two attached hydrogens (primary N) is 2. The average molecular weight is 507 g/mol. The lowest BCUT2D eigenvalue weighted by atomic mass is 10.0. The highest BCUT2D eigenvalue weighted by Gasteiger charge is 2.05. The predicted molar refractivity (Wildman–Crippen MR) is 158 cm³/mol. The van der Waals surface area contributed by atoms with E-state index in [1.54, 1.807) is 11.3 Å². The van der Waals surface area contributed by atoms with Crippen LogP contribution in [0.25, 0.3) is 10.4 Å². The van der Waals surface area contributed by atoms with Gasteiger partial charge in [0.25, 0.3) is 0 Å². The molecule has 0 aliphatic heterocycles. The minimum atomic E-state index is 0.759. The van der Waals surface area contributed by atoms with Gasteiger partial charge in [-0.25, -0.2) is 0 Å². The maximum absolute atomic E-state index is 5.52. The summed E-state index contributed by atoms with van der Waals surface area (Å²) < 4.78 is 0. The molecule has 1 heterocycles. The smallest absolute Gasteiger partial charge is 0.0342 e. The second-order valence-corrected chi connectivity index (χ2v) is 8.81. The van der Waals surface area contributed by atoms with Crippen LogP contribution in [-0.4, -0.2) is 52.4 Å². The van der Waals surface area contributed by atoms with Crippen molar-refractivity contribution in [2.75, 3.05) is 52.4 Å². The van der Waals surface area contributed by atoms with Crippen LogP contribution in [0.3, 0.4) is 0 Å². The van der Waals surface area contributed by atoms with Crippen LogP contribution in [0, 0.1) is 0 Å². The molecular weight excluding hydrogens is 452 g/mol. The van der Waals surface area contributed by atoms with Crippen molar-refractivity contribution in [2.24, 2.45) is 11.5 Å². The van der Waals surface area contributed by atoms with Crippen molar-refractivity contribution in [1.29, 1.82) is 0 Å². The van der Waals surface area contributed by atoms with E-state index in [0.29, 0.717) is 0 Å². The van der Waals surface area contributed by atoms with Crippen molar-refractivity contribution in [3.8, 4) is 10.4 Å². The van der Waals surface area contributed by atoms with Gasteiger partial charge in [0.05, 0.1) is 0 Å². The zero-order chi connectivity index (χ0) is 26.0. The molecule has 2 rings (SSSR count). The molecule has 0 aliphatic rings. The SMILES string of the molecule is CC.CC.NCCCNCCCNCc1cc(CNCCCNCCCN)cc(-c2cccs2)c1. The van der Waals surface area contributed by atoms with E-state index in [9.17, 15) is 0 Å². The van der Waals surface area contributed by atoms with Gasteiger partial charge in [0.1, 0.15) is 0 Å². The van der Waals surface area contributed by atoms with E-state index in [1.165, 1.54) is 21.6 Å². The van der Waals surface area contributed by atoms with Gasteiger partial charge >= 0.3 is 0 Å². The molecule has 0 amide bonds. The normalized spacial score (nSPS) is 10.3. The fourth-order valence-corrected chi connectivity index (χ4v) is 4.11. The Bertz CT molecular complexity index is 640. The molecule has 0 radical (unpaired) electrons. The second-order valence-electron chi connectivity index (χ2n) is 7.86. The molecule has 1 aromatic heterocycles. The highest BCUT2D eigenvalue weighted by Crippen LogP contribution is 2.27. The van der Waals surface area contributed by atoms with Crippen molar-refractivity contribution >= 4 is 11.3 Å². The van der Waals surface area contributed by atoms with Gasteiger partial charge in [0.2, 0.25) is 0 Å². The Labute approximate surface area is 220 Å².